The Morgan fingerprint density at radius 2 is 1.57 bits per heavy atom. The van der Waals surface area contributed by atoms with Crippen LogP contribution in [0.3, 0.4) is 0 Å². The molecule has 1 heterocycles. The first-order valence-electron chi connectivity index (χ1n) is 11.5. The van der Waals surface area contributed by atoms with Gasteiger partial charge in [-0.2, -0.15) is 4.31 Å². The van der Waals surface area contributed by atoms with Crippen molar-refractivity contribution in [1.29, 1.82) is 0 Å². The number of thiazole rings is 1. The molecule has 0 aliphatic heterocycles. The maximum Gasteiger partial charge on any atom is 0.243 e. The molecule has 1 aromatic heterocycles. The minimum absolute atomic E-state index is 0.304. The van der Waals surface area contributed by atoms with Gasteiger partial charge in [0.05, 0.1) is 29.9 Å². The number of hydrogen-bond acceptors (Lipinski definition) is 5. The Bertz CT molecular complexity index is 1420. The fraction of sp³-hybridized carbons (Fsp3) is 0.222. The van der Waals surface area contributed by atoms with Crippen LogP contribution in [-0.2, 0) is 16.6 Å². The molecule has 35 heavy (non-hydrogen) atoms. The summed E-state index contributed by atoms with van der Waals surface area (Å²) in [5.74, 6) is 0.785. The zero-order valence-electron chi connectivity index (χ0n) is 20.1. The number of methoxy groups -OCH3 is 1. The highest BCUT2D eigenvalue weighted by atomic mass is 32.2. The van der Waals surface area contributed by atoms with Gasteiger partial charge in [-0.05, 0) is 47.5 Å². The Morgan fingerprint density at radius 1 is 0.914 bits per heavy atom. The Kier molecular flexibility index (Phi) is 7.85. The molecule has 0 saturated carbocycles. The summed E-state index contributed by atoms with van der Waals surface area (Å²) >= 11 is 1.56. The molecule has 0 N–H and O–H groups in total. The molecule has 182 valence electrons. The smallest absolute Gasteiger partial charge is 0.243 e. The van der Waals surface area contributed by atoms with Crippen LogP contribution >= 0.6 is 11.3 Å². The molecule has 0 unspecified atom stereocenters. The van der Waals surface area contributed by atoms with Crippen LogP contribution in [0.1, 0.15) is 19.4 Å². The molecular weight excluding hydrogens is 478 g/mol. The van der Waals surface area contributed by atoms with E-state index in [1.165, 1.54) is 4.31 Å². The van der Waals surface area contributed by atoms with Gasteiger partial charge in [-0.3, -0.25) is 0 Å². The molecule has 4 aromatic rings. The first kappa shape index (κ1) is 24.9. The summed E-state index contributed by atoms with van der Waals surface area (Å²) in [5.41, 5.74) is 3.91. The quantitative estimate of drug-likeness (QED) is 0.299. The molecule has 6 nitrogen and oxygen atoms in total. The van der Waals surface area contributed by atoms with Crippen molar-refractivity contribution >= 4 is 27.0 Å². The molecule has 0 fully saturated rings. The van der Waals surface area contributed by atoms with E-state index in [2.05, 4.69) is 22.1 Å². The zero-order chi connectivity index (χ0) is 24.8. The maximum absolute atomic E-state index is 12.9. The minimum Gasteiger partial charge on any atom is -0.497 e. The molecule has 0 radical (unpaired) electrons. The van der Waals surface area contributed by atoms with E-state index in [4.69, 9.17) is 9.73 Å². The van der Waals surface area contributed by atoms with Crippen molar-refractivity contribution in [2.75, 3.05) is 20.2 Å². The monoisotopic (exact) mass is 507 g/mol. The molecular formula is C27H29N3O3S2. The van der Waals surface area contributed by atoms with Crippen molar-refractivity contribution in [3.63, 3.8) is 0 Å². The Morgan fingerprint density at radius 3 is 2.17 bits per heavy atom. The average Bonchev–Trinajstić information content (AvgIpc) is 3.27. The first-order valence-corrected chi connectivity index (χ1v) is 13.8. The van der Waals surface area contributed by atoms with E-state index in [1.807, 2.05) is 68.4 Å². The van der Waals surface area contributed by atoms with E-state index in [9.17, 15) is 8.42 Å². The second-order valence-corrected chi connectivity index (χ2v) is 10.7. The summed E-state index contributed by atoms with van der Waals surface area (Å²) in [6.45, 7) is 5.23. The summed E-state index contributed by atoms with van der Waals surface area (Å²) in [4.78, 5) is 6.04. The molecule has 0 saturated heterocycles. The Labute approximate surface area is 210 Å². The van der Waals surface area contributed by atoms with E-state index in [1.54, 1.807) is 30.6 Å². The van der Waals surface area contributed by atoms with Gasteiger partial charge in [0.25, 0.3) is 0 Å². The van der Waals surface area contributed by atoms with E-state index >= 15 is 0 Å². The second kappa shape index (κ2) is 11.0. The van der Waals surface area contributed by atoms with Gasteiger partial charge in [-0.1, -0.05) is 56.3 Å². The fourth-order valence-electron chi connectivity index (χ4n) is 3.85. The van der Waals surface area contributed by atoms with Crippen molar-refractivity contribution in [3.8, 4) is 17.0 Å². The Balaban J connectivity index is 1.76. The molecule has 3 aromatic carbocycles. The van der Waals surface area contributed by atoms with E-state index in [-0.39, 0.29) is 0 Å². The molecule has 0 bridgehead atoms. The van der Waals surface area contributed by atoms with Crippen molar-refractivity contribution in [1.82, 2.24) is 8.87 Å². The third kappa shape index (κ3) is 5.56. The average molecular weight is 508 g/mol. The molecule has 0 aliphatic rings. The lowest BCUT2D eigenvalue weighted by Gasteiger charge is -2.18. The summed E-state index contributed by atoms with van der Waals surface area (Å²) in [7, 11) is -1.86. The van der Waals surface area contributed by atoms with E-state index in [0.29, 0.717) is 24.5 Å². The molecule has 0 atom stereocenters. The number of ether oxygens (including phenoxy) is 1. The number of hydrogen-bond donors (Lipinski definition) is 0. The van der Waals surface area contributed by atoms with Crippen LogP contribution in [-0.4, -0.2) is 37.5 Å². The van der Waals surface area contributed by atoms with Crippen molar-refractivity contribution in [2.45, 2.75) is 25.3 Å². The third-order valence-electron chi connectivity index (χ3n) is 5.77. The number of rotatable bonds is 9. The number of sulfonamides is 1. The lowest BCUT2D eigenvalue weighted by Crippen LogP contribution is -2.30. The van der Waals surface area contributed by atoms with Crippen LogP contribution < -0.4 is 9.54 Å². The molecule has 8 heteroatoms. The van der Waals surface area contributed by atoms with Crippen LogP contribution in [0.5, 0.6) is 5.75 Å². The van der Waals surface area contributed by atoms with Crippen LogP contribution in [0.2, 0.25) is 0 Å². The molecule has 4 rings (SSSR count). The van der Waals surface area contributed by atoms with Gasteiger partial charge in [-0.15, -0.1) is 11.3 Å². The summed E-state index contributed by atoms with van der Waals surface area (Å²) < 4.78 is 34.7. The maximum atomic E-state index is 12.9. The van der Waals surface area contributed by atoms with Crippen LogP contribution in [0.4, 0.5) is 5.69 Å². The third-order valence-corrected chi connectivity index (χ3v) is 8.70. The van der Waals surface area contributed by atoms with Gasteiger partial charge in [0.15, 0.2) is 4.80 Å². The summed E-state index contributed by atoms with van der Waals surface area (Å²) in [6, 6.07) is 25.0. The highest BCUT2D eigenvalue weighted by Crippen LogP contribution is 2.25. The zero-order valence-corrected chi connectivity index (χ0v) is 21.7. The fourth-order valence-corrected chi connectivity index (χ4v) is 6.23. The standard InChI is InChI=1S/C27H29N3O3S2/c1-4-29(5-2)35(31,32)25-17-11-22(12-18-25)26-20-34-27(28-23-13-15-24(33-3)16-14-23)30(26)19-21-9-7-6-8-10-21/h6-18,20H,4-5,19H2,1-3H3. The second-order valence-electron chi connectivity index (χ2n) is 7.90. The van der Waals surface area contributed by atoms with Gasteiger partial charge in [-0.25, -0.2) is 13.4 Å². The molecule has 0 aliphatic carbocycles. The number of benzene rings is 3. The highest BCUT2D eigenvalue weighted by molar-refractivity contribution is 7.89. The lowest BCUT2D eigenvalue weighted by atomic mass is 10.1. The number of nitrogens with zero attached hydrogens (tertiary/aromatic N) is 3. The normalized spacial score (nSPS) is 12.3. The van der Waals surface area contributed by atoms with Gasteiger partial charge in [0.2, 0.25) is 10.0 Å². The van der Waals surface area contributed by atoms with Gasteiger partial charge in [0, 0.05) is 18.5 Å². The first-order chi connectivity index (χ1) is 17.0. The van der Waals surface area contributed by atoms with Crippen molar-refractivity contribution in [2.24, 2.45) is 4.99 Å². The SMILES string of the molecule is CCN(CC)S(=O)(=O)c1ccc(-c2csc(=Nc3ccc(OC)cc3)n2Cc2ccccc2)cc1. The van der Waals surface area contributed by atoms with Gasteiger partial charge in [0.1, 0.15) is 5.75 Å². The van der Waals surface area contributed by atoms with Gasteiger partial charge >= 0.3 is 0 Å². The highest BCUT2D eigenvalue weighted by Gasteiger charge is 2.21. The van der Waals surface area contributed by atoms with Crippen molar-refractivity contribution < 1.29 is 13.2 Å². The Hall–Kier alpha value is -3.20. The van der Waals surface area contributed by atoms with Crippen LogP contribution in [0.15, 0.2) is 94.1 Å². The number of aromatic nitrogens is 1. The van der Waals surface area contributed by atoms with Gasteiger partial charge < -0.3 is 9.30 Å². The minimum atomic E-state index is -3.50. The van der Waals surface area contributed by atoms with E-state index < -0.39 is 10.0 Å². The van der Waals surface area contributed by atoms with Crippen LogP contribution in [0, 0.1) is 0 Å². The van der Waals surface area contributed by atoms with Crippen LogP contribution in [0.25, 0.3) is 11.3 Å². The predicted molar refractivity (Wildman–Crippen MR) is 142 cm³/mol. The van der Waals surface area contributed by atoms with E-state index in [0.717, 1.165) is 33.1 Å². The summed E-state index contributed by atoms with van der Waals surface area (Å²) in [5, 5.41) is 2.07. The topological polar surface area (TPSA) is 63.9 Å². The molecule has 0 amide bonds. The predicted octanol–water partition coefficient (Wildman–Crippen LogP) is 5.54. The van der Waals surface area contributed by atoms with Crippen molar-refractivity contribution in [3.05, 3.63) is 94.6 Å². The largest absolute Gasteiger partial charge is 0.497 e. The summed E-state index contributed by atoms with van der Waals surface area (Å²) in [6.07, 6.45) is 0. The lowest BCUT2D eigenvalue weighted by molar-refractivity contribution is 0.415. The molecule has 0 spiro atoms.